The van der Waals surface area contributed by atoms with Crippen molar-refractivity contribution in [2.24, 2.45) is 0 Å². The van der Waals surface area contributed by atoms with Gasteiger partial charge in [-0.05, 0) is 39.8 Å². The van der Waals surface area contributed by atoms with Crippen molar-refractivity contribution in [1.82, 2.24) is 4.31 Å². The highest BCUT2D eigenvalue weighted by Crippen LogP contribution is 2.37. The number of ketones is 1. The van der Waals surface area contributed by atoms with Gasteiger partial charge >= 0.3 is 0 Å². The molecule has 110 valence electrons. The van der Waals surface area contributed by atoms with Gasteiger partial charge in [0.2, 0.25) is 10.0 Å². The molecule has 5 nitrogen and oxygen atoms in total. The molecule has 0 spiro atoms. The Morgan fingerprint density at radius 2 is 1.80 bits per heavy atom. The van der Waals surface area contributed by atoms with E-state index in [0.29, 0.717) is 0 Å². The topological polar surface area (TPSA) is 63.7 Å². The third kappa shape index (κ3) is 2.39. The Hall–Kier alpha value is -1.24. The summed E-state index contributed by atoms with van der Waals surface area (Å²) in [6.07, 6.45) is -0.471. The van der Waals surface area contributed by atoms with Crippen LogP contribution in [0.3, 0.4) is 0 Å². The van der Waals surface area contributed by atoms with E-state index in [4.69, 9.17) is 4.74 Å². The molecule has 1 aliphatic rings. The molecule has 20 heavy (non-hydrogen) atoms. The molecule has 2 rings (SSSR count). The van der Waals surface area contributed by atoms with Crippen molar-refractivity contribution in [3.63, 3.8) is 0 Å². The minimum Gasteiger partial charge on any atom is -0.355 e. The van der Waals surface area contributed by atoms with Gasteiger partial charge in [0.25, 0.3) is 0 Å². The zero-order chi connectivity index (χ0) is 15.1. The largest absolute Gasteiger partial charge is 0.355 e. The van der Waals surface area contributed by atoms with Crippen molar-refractivity contribution >= 4 is 15.8 Å². The molecule has 6 heteroatoms. The van der Waals surface area contributed by atoms with Crippen LogP contribution in [0.15, 0.2) is 35.2 Å². The molecule has 0 saturated carbocycles. The summed E-state index contributed by atoms with van der Waals surface area (Å²) in [5, 5.41) is 0. The maximum absolute atomic E-state index is 12.8. The number of hydrogen-bond acceptors (Lipinski definition) is 4. The van der Waals surface area contributed by atoms with Crippen molar-refractivity contribution in [3.05, 3.63) is 30.3 Å². The summed E-state index contributed by atoms with van der Waals surface area (Å²) < 4.78 is 32.5. The molecule has 1 aliphatic heterocycles. The Morgan fingerprint density at radius 3 is 2.30 bits per heavy atom. The Bertz CT molecular complexity index is 609. The standard InChI is InChI=1S/C14H19NO4S/c1-10(16)13-11(2)19-14(3,4)15(13)20(17,18)12-8-6-5-7-9-12/h5-9,11,13H,1-4H3/t11-,13-/m0/s1. The van der Waals surface area contributed by atoms with Gasteiger partial charge < -0.3 is 4.74 Å². The van der Waals surface area contributed by atoms with E-state index in [2.05, 4.69) is 0 Å². The van der Waals surface area contributed by atoms with Gasteiger partial charge in [-0.25, -0.2) is 8.42 Å². The van der Waals surface area contributed by atoms with E-state index in [1.807, 2.05) is 0 Å². The third-order valence-electron chi connectivity index (χ3n) is 3.42. The second-order valence-electron chi connectivity index (χ2n) is 5.44. The molecule has 0 unspecified atom stereocenters. The monoisotopic (exact) mass is 297 g/mol. The highest BCUT2D eigenvalue weighted by atomic mass is 32.2. The predicted octanol–water partition coefficient (Wildman–Crippen LogP) is 1.79. The van der Waals surface area contributed by atoms with E-state index in [9.17, 15) is 13.2 Å². The van der Waals surface area contributed by atoms with Gasteiger partial charge in [-0.3, -0.25) is 4.79 Å². The molecular weight excluding hydrogens is 278 g/mol. The molecule has 1 aromatic rings. The first kappa shape index (κ1) is 15.2. The second-order valence-corrected chi connectivity index (χ2v) is 7.25. The van der Waals surface area contributed by atoms with Gasteiger partial charge in [0.1, 0.15) is 11.8 Å². The van der Waals surface area contributed by atoms with Crippen LogP contribution in [0.5, 0.6) is 0 Å². The zero-order valence-electron chi connectivity index (χ0n) is 12.0. The van der Waals surface area contributed by atoms with E-state index < -0.39 is 27.9 Å². The average molecular weight is 297 g/mol. The Labute approximate surface area is 119 Å². The number of benzene rings is 1. The minimum atomic E-state index is -3.79. The van der Waals surface area contributed by atoms with Crippen LogP contribution in [0.4, 0.5) is 0 Å². The van der Waals surface area contributed by atoms with Crippen LogP contribution < -0.4 is 0 Å². The summed E-state index contributed by atoms with van der Waals surface area (Å²) in [7, 11) is -3.79. The highest BCUT2D eigenvalue weighted by molar-refractivity contribution is 7.89. The first-order chi connectivity index (χ1) is 9.18. The number of ether oxygens (including phenoxy) is 1. The van der Waals surface area contributed by atoms with Gasteiger partial charge in [-0.15, -0.1) is 0 Å². The summed E-state index contributed by atoms with van der Waals surface area (Å²) >= 11 is 0. The molecule has 0 amide bonds. The van der Waals surface area contributed by atoms with E-state index in [0.717, 1.165) is 0 Å². The van der Waals surface area contributed by atoms with Crippen LogP contribution in [0.25, 0.3) is 0 Å². The molecule has 0 N–H and O–H groups in total. The fraction of sp³-hybridized carbons (Fsp3) is 0.500. The summed E-state index contributed by atoms with van der Waals surface area (Å²) in [4.78, 5) is 12.0. The molecule has 1 saturated heterocycles. The summed E-state index contributed by atoms with van der Waals surface area (Å²) in [6, 6.07) is 7.30. The fourth-order valence-corrected chi connectivity index (χ4v) is 4.71. The van der Waals surface area contributed by atoms with Crippen LogP contribution >= 0.6 is 0 Å². The second kappa shape index (κ2) is 4.95. The molecule has 1 heterocycles. The molecule has 1 fully saturated rings. The minimum absolute atomic E-state index is 0.164. The smallest absolute Gasteiger partial charge is 0.246 e. The molecule has 1 aromatic carbocycles. The van der Waals surface area contributed by atoms with E-state index in [1.165, 1.54) is 23.4 Å². The van der Waals surface area contributed by atoms with Crippen LogP contribution in [-0.4, -0.2) is 36.4 Å². The molecule has 0 bridgehead atoms. The lowest BCUT2D eigenvalue weighted by atomic mass is 10.1. The summed E-state index contributed by atoms with van der Waals surface area (Å²) in [6.45, 7) is 6.42. The molecule has 0 aromatic heterocycles. The van der Waals surface area contributed by atoms with Crippen LogP contribution in [0.2, 0.25) is 0 Å². The first-order valence-electron chi connectivity index (χ1n) is 6.46. The average Bonchev–Trinajstić information content (AvgIpc) is 2.60. The van der Waals surface area contributed by atoms with Gasteiger partial charge in [-0.1, -0.05) is 18.2 Å². The number of rotatable bonds is 3. The summed E-state index contributed by atoms with van der Waals surface area (Å²) in [5.41, 5.74) is -1.05. The highest BCUT2D eigenvalue weighted by Gasteiger charge is 2.53. The number of hydrogen-bond donors (Lipinski definition) is 0. The molecular formula is C14H19NO4S. The lowest BCUT2D eigenvalue weighted by Crippen LogP contribution is -2.50. The van der Waals surface area contributed by atoms with E-state index in [1.54, 1.807) is 39.0 Å². The number of carbonyl (C=O) groups is 1. The SMILES string of the molecule is CC(=O)[C@H]1[C@H](C)OC(C)(C)N1S(=O)(=O)c1ccccc1. The zero-order valence-corrected chi connectivity index (χ0v) is 12.8. The number of Topliss-reactive ketones (excluding diaryl/α,β-unsaturated/α-hetero) is 1. The van der Waals surface area contributed by atoms with Crippen molar-refractivity contribution < 1.29 is 17.9 Å². The quantitative estimate of drug-likeness (QED) is 0.853. The lowest BCUT2D eigenvalue weighted by Gasteiger charge is -2.31. The molecule has 0 aliphatic carbocycles. The van der Waals surface area contributed by atoms with Gasteiger partial charge in [0.05, 0.1) is 11.0 Å². The Kier molecular flexibility index (Phi) is 3.75. The Balaban J connectivity index is 2.56. The van der Waals surface area contributed by atoms with Gasteiger partial charge in [0, 0.05) is 0 Å². The van der Waals surface area contributed by atoms with Gasteiger partial charge in [-0.2, -0.15) is 4.31 Å². The molecule has 2 atom stereocenters. The van der Waals surface area contributed by atoms with Crippen molar-refractivity contribution in [1.29, 1.82) is 0 Å². The van der Waals surface area contributed by atoms with Gasteiger partial charge in [0.15, 0.2) is 5.78 Å². The maximum Gasteiger partial charge on any atom is 0.246 e. The van der Waals surface area contributed by atoms with Crippen molar-refractivity contribution in [2.75, 3.05) is 0 Å². The first-order valence-corrected chi connectivity index (χ1v) is 7.90. The summed E-state index contributed by atoms with van der Waals surface area (Å²) in [5.74, 6) is -0.220. The van der Waals surface area contributed by atoms with Crippen molar-refractivity contribution in [3.8, 4) is 0 Å². The fourth-order valence-electron chi connectivity index (χ4n) is 2.74. The Morgan fingerprint density at radius 1 is 1.25 bits per heavy atom. The normalized spacial score (nSPS) is 26.6. The predicted molar refractivity (Wildman–Crippen MR) is 74.6 cm³/mol. The number of nitrogens with zero attached hydrogens (tertiary/aromatic N) is 1. The maximum atomic E-state index is 12.8. The van der Waals surface area contributed by atoms with Crippen molar-refractivity contribution in [2.45, 2.75) is 50.5 Å². The van der Waals surface area contributed by atoms with E-state index in [-0.39, 0.29) is 10.7 Å². The van der Waals surface area contributed by atoms with E-state index >= 15 is 0 Å². The molecule has 0 radical (unpaired) electrons. The number of sulfonamides is 1. The van der Waals surface area contributed by atoms with Crippen LogP contribution in [0, 0.1) is 0 Å². The van der Waals surface area contributed by atoms with Crippen LogP contribution in [0.1, 0.15) is 27.7 Å². The third-order valence-corrected chi connectivity index (χ3v) is 5.47. The van der Waals surface area contributed by atoms with Crippen LogP contribution in [-0.2, 0) is 19.6 Å². The number of carbonyl (C=O) groups excluding carboxylic acids is 1. The lowest BCUT2D eigenvalue weighted by molar-refractivity contribution is -0.120.